The van der Waals surface area contributed by atoms with Crippen LogP contribution in [0.5, 0.6) is 0 Å². The Morgan fingerprint density at radius 3 is 2.65 bits per heavy atom. The van der Waals surface area contributed by atoms with Crippen LogP contribution >= 0.6 is 0 Å². The van der Waals surface area contributed by atoms with E-state index in [2.05, 4.69) is 5.32 Å². The van der Waals surface area contributed by atoms with E-state index in [-0.39, 0.29) is 11.7 Å². The van der Waals surface area contributed by atoms with Crippen molar-refractivity contribution in [3.8, 4) is 0 Å². The molecule has 1 fully saturated rings. The Kier molecular flexibility index (Phi) is 4.58. The van der Waals surface area contributed by atoms with Gasteiger partial charge in [-0.05, 0) is 37.1 Å². The Bertz CT molecular complexity index is 777. The molecule has 8 heteroatoms. The molecule has 1 aromatic carbocycles. The van der Waals surface area contributed by atoms with E-state index in [1.807, 2.05) is 6.07 Å². The van der Waals surface area contributed by atoms with Gasteiger partial charge >= 0.3 is 18.0 Å². The number of rotatable bonds is 3. The van der Waals surface area contributed by atoms with Gasteiger partial charge in [0, 0.05) is 32.3 Å². The van der Waals surface area contributed by atoms with Gasteiger partial charge in [-0.1, -0.05) is 0 Å². The summed E-state index contributed by atoms with van der Waals surface area (Å²) >= 11 is 0. The first-order chi connectivity index (χ1) is 12.3. The summed E-state index contributed by atoms with van der Waals surface area (Å²) in [4.78, 5) is 37.3. The SMILES string of the molecule is CCOC(=O)N1CCc2cc(NC=C3C(=O)OC(C)(C)OC3=O)ccc21. The van der Waals surface area contributed by atoms with Gasteiger partial charge in [0.05, 0.1) is 12.3 Å². The standard InChI is InChI=1S/C18H20N2O6/c1-4-24-17(23)20-8-7-11-9-12(5-6-14(11)20)19-10-13-15(21)25-18(2,3)26-16(13)22/h5-6,9-10,19H,4,7-8H2,1-3H3. The second-order valence-electron chi connectivity index (χ2n) is 6.33. The number of esters is 2. The van der Waals surface area contributed by atoms with Crippen LogP contribution in [0.2, 0.25) is 0 Å². The average Bonchev–Trinajstić information content (AvgIpc) is 2.96. The van der Waals surface area contributed by atoms with Gasteiger partial charge in [-0.25, -0.2) is 14.4 Å². The summed E-state index contributed by atoms with van der Waals surface area (Å²) in [5, 5.41) is 2.90. The van der Waals surface area contributed by atoms with E-state index in [4.69, 9.17) is 14.2 Å². The molecular weight excluding hydrogens is 340 g/mol. The first-order valence-corrected chi connectivity index (χ1v) is 8.31. The van der Waals surface area contributed by atoms with E-state index >= 15 is 0 Å². The molecule has 2 aliphatic rings. The molecule has 2 aliphatic heterocycles. The van der Waals surface area contributed by atoms with Crippen molar-refractivity contribution in [2.75, 3.05) is 23.4 Å². The highest BCUT2D eigenvalue weighted by molar-refractivity contribution is 6.15. The highest BCUT2D eigenvalue weighted by Gasteiger charge is 2.39. The van der Waals surface area contributed by atoms with Crippen LogP contribution in [0.15, 0.2) is 30.0 Å². The lowest BCUT2D eigenvalue weighted by Crippen LogP contribution is -2.42. The number of nitrogens with one attached hydrogen (secondary N) is 1. The van der Waals surface area contributed by atoms with Gasteiger partial charge in [-0.15, -0.1) is 0 Å². The van der Waals surface area contributed by atoms with Crippen molar-refractivity contribution in [1.29, 1.82) is 0 Å². The zero-order valence-electron chi connectivity index (χ0n) is 14.8. The summed E-state index contributed by atoms with van der Waals surface area (Å²) in [6.07, 6.45) is 1.59. The number of fused-ring (bicyclic) bond motifs is 1. The van der Waals surface area contributed by atoms with E-state index in [0.29, 0.717) is 25.3 Å². The third-order valence-corrected chi connectivity index (χ3v) is 3.96. The predicted octanol–water partition coefficient (Wildman–Crippen LogP) is 2.34. The third-order valence-electron chi connectivity index (χ3n) is 3.96. The van der Waals surface area contributed by atoms with Gasteiger partial charge in [0.1, 0.15) is 0 Å². The summed E-state index contributed by atoms with van der Waals surface area (Å²) in [5.41, 5.74) is 2.22. The van der Waals surface area contributed by atoms with E-state index in [1.54, 1.807) is 24.0 Å². The van der Waals surface area contributed by atoms with E-state index < -0.39 is 17.7 Å². The van der Waals surface area contributed by atoms with Crippen LogP contribution in [0.25, 0.3) is 0 Å². The summed E-state index contributed by atoms with van der Waals surface area (Å²) in [6.45, 7) is 5.61. The van der Waals surface area contributed by atoms with Crippen molar-refractivity contribution in [3.63, 3.8) is 0 Å². The van der Waals surface area contributed by atoms with Gasteiger partial charge in [-0.2, -0.15) is 0 Å². The van der Waals surface area contributed by atoms with Crippen molar-refractivity contribution in [2.24, 2.45) is 0 Å². The molecule has 0 saturated carbocycles. The fourth-order valence-electron chi connectivity index (χ4n) is 2.82. The minimum atomic E-state index is -1.27. The van der Waals surface area contributed by atoms with Crippen LogP contribution in [0, 0.1) is 0 Å². The summed E-state index contributed by atoms with van der Waals surface area (Å²) < 4.78 is 15.1. The lowest BCUT2D eigenvalue weighted by atomic mass is 10.1. The minimum absolute atomic E-state index is 0.210. The minimum Gasteiger partial charge on any atom is -0.449 e. The Morgan fingerprint density at radius 2 is 2.00 bits per heavy atom. The van der Waals surface area contributed by atoms with Gasteiger partial charge in [0.2, 0.25) is 0 Å². The van der Waals surface area contributed by atoms with Crippen molar-refractivity contribution < 1.29 is 28.6 Å². The third kappa shape index (κ3) is 3.49. The maximum atomic E-state index is 11.9. The van der Waals surface area contributed by atoms with Crippen molar-refractivity contribution in [2.45, 2.75) is 33.0 Å². The number of carbonyl (C=O) groups excluding carboxylic acids is 3. The van der Waals surface area contributed by atoms with Crippen LogP contribution < -0.4 is 10.2 Å². The van der Waals surface area contributed by atoms with Gasteiger partial charge in [0.25, 0.3) is 5.79 Å². The normalized spacial score (nSPS) is 18.0. The van der Waals surface area contributed by atoms with Gasteiger partial charge in [-0.3, -0.25) is 4.90 Å². The Labute approximate surface area is 150 Å². The number of benzene rings is 1. The van der Waals surface area contributed by atoms with E-state index in [9.17, 15) is 14.4 Å². The molecule has 0 unspecified atom stereocenters. The number of nitrogens with zero attached hydrogens (tertiary/aromatic N) is 1. The number of hydrogen-bond donors (Lipinski definition) is 1. The molecule has 1 N–H and O–H groups in total. The number of cyclic esters (lactones) is 2. The highest BCUT2D eigenvalue weighted by Crippen LogP contribution is 2.31. The van der Waals surface area contributed by atoms with Crippen molar-refractivity contribution in [3.05, 3.63) is 35.5 Å². The number of ether oxygens (including phenoxy) is 3. The molecule has 2 heterocycles. The zero-order chi connectivity index (χ0) is 18.9. The Balaban J connectivity index is 1.74. The monoisotopic (exact) mass is 360 g/mol. The fraction of sp³-hybridized carbons (Fsp3) is 0.389. The molecule has 1 aromatic rings. The molecule has 0 aliphatic carbocycles. The van der Waals surface area contributed by atoms with Crippen LogP contribution in [0.3, 0.4) is 0 Å². The highest BCUT2D eigenvalue weighted by atomic mass is 16.7. The second kappa shape index (κ2) is 6.70. The predicted molar refractivity (Wildman–Crippen MR) is 92.5 cm³/mol. The largest absolute Gasteiger partial charge is 0.449 e. The van der Waals surface area contributed by atoms with Gasteiger partial charge < -0.3 is 19.5 Å². The van der Waals surface area contributed by atoms with Crippen LogP contribution in [0.1, 0.15) is 26.3 Å². The maximum Gasteiger partial charge on any atom is 0.414 e. The van der Waals surface area contributed by atoms with Crippen molar-refractivity contribution in [1.82, 2.24) is 0 Å². The molecule has 1 saturated heterocycles. The Morgan fingerprint density at radius 1 is 1.31 bits per heavy atom. The summed E-state index contributed by atoms with van der Waals surface area (Å²) in [6, 6.07) is 5.40. The molecule has 0 atom stereocenters. The molecule has 138 valence electrons. The molecule has 3 rings (SSSR count). The van der Waals surface area contributed by atoms with Crippen LogP contribution in [-0.2, 0) is 30.2 Å². The molecule has 26 heavy (non-hydrogen) atoms. The first-order valence-electron chi connectivity index (χ1n) is 8.31. The zero-order valence-corrected chi connectivity index (χ0v) is 14.8. The first kappa shape index (κ1) is 17.8. The molecule has 0 spiro atoms. The lowest BCUT2D eigenvalue weighted by molar-refractivity contribution is -0.222. The summed E-state index contributed by atoms with van der Waals surface area (Å²) in [7, 11) is 0. The van der Waals surface area contributed by atoms with E-state index in [1.165, 1.54) is 20.0 Å². The van der Waals surface area contributed by atoms with Crippen molar-refractivity contribution >= 4 is 29.4 Å². The van der Waals surface area contributed by atoms with Crippen LogP contribution in [0.4, 0.5) is 16.2 Å². The number of amides is 1. The average molecular weight is 360 g/mol. The van der Waals surface area contributed by atoms with E-state index in [0.717, 1.165) is 11.3 Å². The number of anilines is 2. The topological polar surface area (TPSA) is 94.2 Å². The number of hydrogen-bond acceptors (Lipinski definition) is 7. The quantitative estimate of drug-likeness (QED) is 0.502. The lowest BCUT2D eigenvalue weighted by Gasteiger charge is -2.29. The molecule has 0 bridgehead atoms. The Hall–Kier alpha value is -3.03. The molecule has 0 radical (unpaired) electrons. The smallest absolute Gasteiger partial charge is 0.414 e. The van der Waals surface area contributed by atoms with Crippen LogP contribution in [-0.4, -0.2) is 37.0 Å². The maximum absolute atomic E-state index is 11.9. The molecule has 1 amide bonds. The molecule has 0 aromatic heterocycles. The second-order valence-corrected chi connectivity index (χ2v) is 6.33. The van der Waals surface area contributed by atoms with Gasteiger partial charge in [0.15, 0.2) is 5.57 Å². The molecular formula is C18H20N2O6. The summed E-state index contributed by atoms with van der Waals surface area (Å²) in [5.74, 6) is -2.75. The fourth-order valence-corrected chi connectivity index (χ4v) is 2.82. The molecule has 8 nitrogen and oxygen atoms in total. The number of carbonyl (C=O) groups is 3.